The summed E-state index contributed by atoms with van der Waals surface area (Å²) in [5.41, 5.74) is 1.27. The fourth-order valence-electron chi connectivity index (χ4n) is 1.81. The number of amidine groups is 1. The number of amides is 1. The van der Waals surface area contributed by atoms with E-state index in [9.17, 15) is 14.9 Å². The van der Waals surface area contributed by atoms with Gasteiger partial charge in [0.05, 0.1) is 9.83 Å². The van der Waals surface area contributed by atoms with Gasteiger partial charge in [0.1, 0.15) is 0 Å². The molecule has 1 aliphatic heterocycles. The minimum Gasteiger partial charge on any atom is -0.290 e. The van der Waals surface area contributed by atoms with Gasteiger partial charge in [-0.05, 0) is 30.3 Å². The number of hydrogen-bond acceptors (Lipinski definition) is 5. The van der Waals surface area contributed by atoms with Gasteiger partial charge in [-0.25, -0.2) is 0 Å². The number of nitro benzene ring substituents is 1. The van der Waals surface area contributed by atoms with Crippen molar-refractivity contribution >= 4 is 34.6 Å². The van der Waals surface area contributed by atoms with Crippen LogP contribution >= 0.6 is 11.8 Å². The van der Waals surface area contributed by atoms with Crippen LogP contribution in [0.2, 0.25) is 0 Å². The first-order valence-corrected chi connectivity index (χ1v) is 6.65. The van der Waals surface area contributed by atoms with Gasteiger partial charge in [-0.1, -0.05) is 12.1 Å². The summed E-state index contributed by atoms with van der Waals surface area (Å²) in [6, 6.07) is 4.90. The highest BCUT2D eigenvalue weighted by atomic mass is 32.2. The third-order valence-corrected chi connectivity index (χ3v) is 4.07. The van der Waals surface area contributed by atoms with Crippen molar-refractivity contribution in [1.82, 2.24) is 4.90 Å². The minimum atomic E-state index is -0.425. The molecule has 0 radical (unpaired) electrons. The summed E-state index contributed by atoms with van der Waals surface area (Å²) in [6.07, 6.45) is 1.65. The fourth-order valence-corrected chi connectivity index (χ4v) is 2.74. The van der Waals surface area contributed by atoms with Gasteiger partial charge >= 0.3 is 0 Å². The Morgan fingerprint density at radius 2 is 2.15 bits per heavy atom. The molecule has 1 amide bonds. The summed E-state index contributed by atoms with van der Waals surface area (Å²) in [6.45, 7) is 1.68. The lowest BCUT2D eigenvalue weighted by molar-refractivity contribution is -0.385. The van der Waals surface area contributed by atoms with Gasteiger partial charge in [-0.2, -0.15) is 0 Å². The van der Waals surface area contributed by atoms with Crippen LogP contribution in [0.15, 0.2) is 28.1 Å². The molecule has 104 valence electrons. The molecule has 6 nitrogen and oxygen atoms in total. The van der Waals surface area contributed by atoms with Crippen LogP contribution in [0.1, 0.15) is 11.1 Å². The summed E-state index contributed by atoms with van der Waals surface area (Å²) >= 11 is 1.26. The second-order valence-corrected chi connectivity index (χ2v) is 5.29. The predicted molar refractivity (Wildman–Crippen MR) is 79.5 cm³/mol. The van der Waals surface area contributed by atoms with Crippen molar-refractivity contribution in [2.75, 3.05) is 14.1 Å². The Morgan fingerprint density at radius 1 is 1.45 bits per heavy atom. The number of carbonyl (C=O) groups is 1. The summed E-state index contributed by atoms with van der Waals surface area (Å²) in [5.74, 6) is -0.154. The molecule has 0 aromatic heterocycles. The Hall–Kier alpha value is -2.15. The normalized spacial score (nSPS) is 19.1. The van der Waals surface area contributed by atoms with Gasteiger partial charge in [0.15, 0.2) is 5.17 Å². The van der Waals surface area contributed by atoms with Crippen molar-refractivity contribution < 1.29 is 9.72 Å². The minimum absolute atomic E-state index is 0.0486. The zero-order valence-electron chi connectivity index (χ0n) is 11.3. The molecule has 1 heterocycles. The van der Waals surface area contributed by atoms with E-state index in [1.165, 1.54) is 22.7 Å². The quantitative estimate of drug-likeness (QED) is 0.476. The molecule has 1 saturated heterocycles. The Bertz CT molecular complexity index is 652. The van der Waals surface area contributed by atoms with Gasteiger partial charge in [0.2, 0.25) is 0 Å². The Balaban J connectivity index is 2.39. The topological polar surface area (TPSA) is 75.8 Å². The fraction of sp³-hybridized carbons (Fsp3) is 0.231. The molecule has 0 unspecified atom stereocenters. The van der Waals surface area contributed by atoms with Crippen LogP contribution in [0, 0.1) is 17.0 Å². The molecular formula is C13H13N3O3S. The number of hydrogen-bond donors (Lipinski definition) is 0. The number of aryl methyl sites for hydroxylation is 1. The van der Waals surface area contributed by atoms with Crippen molar-refractivity contribution in [3.8, 4) is 0 Å². The lowest BCUT2D eigenvalue weighted by Crippen LogP contribution is -2.23. The van der Waals surface area contributed by atoms with E-state index in [0.29, 0.717) is 21.2 Å². The molecule has 1 aromatic rings. The van der Waals surface area contributed by atoms with Crippen LogP contribution in [0.3, 0.4) is 0 Å². The first kappa shape index (κ1) is 14.3. The molecule has 0 saturated carbocycles. The molecule has 1 aliphatic rings. The summed E-state index contributed by atoms with van der Waals surface area (Å²) in [7, 11) is 3.27. The standard InChI is InChI=1S/C13H13N3O3S/c1-8-4-5-9(6-10(8)16(18)19)7-11-12(17)15(3)13(14-2)20-11/h4-7H,1-3H3/b11-7-,14-13?. The number of nitro groups is 1. The molecule has 2 rings (SSSR count). The molecule has 1 aromatic carbocycles. The maximum absolute atomic E-state index is 12.0. The molecule has 0 bridgehead atoms. The molecule has 0 spiro atoms. The molecule has 1 fully saturated rings. The number of carbonyl (C=O) groups excluding carboxylic acids is 1. The Labute approximate surface area is 120 Å². The number of benzene rings is 1. The summed E-state index contributed by atoms with van der Waals surface area (Å²) in [5, 5.41) is 11.5. The number of aliphatic imine (C=N–C) groups is 1. The lowest BCUT2D eigenvalue weighted by atomic mass is 10.1. The first-order chi connectivity index (χ1) is 9.43. The highest BCUT2D eigenvalue weighted by molar-refractivity contribution is 8.18. The van der Waals surface area contributed by atoms with Crippen LogP contribution < -0.4 is 0 Å². The lowest BCUT2D eigenvalue weighted by Gasteiger charge is -2.05. The van der Waals surface area contributed by atoms with Gasteiger partial charge in [0.25, 0.3) is 11.6 Å². The first-order valence-electron chi connectivity index (χ1n) is 5.83. The molecule has 7 heteroatoms. The van der Waals surface area contributed by atoms with Gasteiger partial charge in [-0.15, -0.1) is 0 Å². The highest BCUT2D eigenvalue weighted by Crippen LogP contribution is 2.32. The second kappa shape index (κ2) is 5.46. The summed E-state index contributed by atoms with van der Waals surface area (Å²) < 4.78 is 0. The Morgan fingerprint density at radius 3 is 2.70 bits per heavy atom. The van der Waals surface area contributed by atoms with Crippen LogP contribution in [0.4, 0.5) is 5.69 Å². The maximum atomic E-state index is 12.0. The van der Waals surface area contributed by atoms with Crippen molar-refractivity contribution in [2.45, 2.75) is 6.92 Å². The van der Waals surface area contributed by atoms with Gasteiger partial charge < -0.3 is 0 Å². The molecule has 0 aliphatic carbocycles. The number of rotatable bonds is 2. The van der Waals surface area contributed by atoms with Crippen LogP contribution in [0.25, 0.3) is 6.08 Å². The van der Waals surface area contributed by atoms with E-state index in [1.807, 2.05) is 0 Å². The number of nitrogens with zero attached hydrogens (tertiary/aromatic N) is 3. The van der Waals surface area contributed by atoms with Crippen molar-refractivity contribution in [1.29, 1.82) is 0 Å². The van der Waals surface area contributed by atoms with Crippen LogP contribution in [-0.2, 0) is 4.79 Å². The van der Waals surface area contributed by atoms with Crippen LogP contribution in [-0.4, -0.2) is 35.0 Å². The van der Waals surface area contributed by atoms with Gasteiger partial charge in [0, 0.05) is 25.7 Å². The molecule has 0 N–H and O–H groups in total. The van der Waals surface area contributed by atoms with Gasteiger partial charge in [-0.3, -0.25) is 24.8 Å². The number of likely N-dealkylation sites (N-methyl/N-ethyl adjacent to an activating group) is 1. The zero-order chi connectivity index (χ0) is 14.9. The zero-order valence-corrected chi connectivity index (χ0v) is 12.1. The van der Waals surface area contributed by atoms with Crippen LogP contribution in [0.5, 0.6) is 0 Å². The van der Waals surface area contributed by atoms with Crippen molar-refractivity contribution in [2.24, 2.45) is 4.99 Å². The van der Waals surface area contributed by atoms with E-state index in [0.717, 1.165) is 0 Å². The third-order valence-electron chi connectivity index (χ3n) is 2.92. The average molecular weight is 291 g/mol. The summed E-state index contributed by atoms with van der Waals surface area (Å²) in [4.78, 5) is 28.4. The molecule has 20 heavy (non-hydrogen) atoms. The third kappa shape index (κ3) is 2.57. The van der Waals surface area contributed by atoms with E-state index in [4.69, 9.17) is 0 Å². The second-order valence-electron chi connectivity index (χ2n) is 4.28. The molecule has 0 atom stereocenters. The van der Waals surface area contributed by atoms with Crippen molar-refractivity contribution in [3.63, 3.8) is 0 Å². The highest BCUT2D eigenvalue weighted by Gasteiger charge is 2.29. The van der Waals surface area contributed by atoms with E-state index in [-0.39, 0.29) is 11.6 Å². The monoisotopic (exact) mass is 291 g/mol. The van der Waals surface area contributed by atoms with E-state index >= 15 is 0 Å². The largest absolute Gasteiger partial charge is 0.290 e. The van der Waals surface area contributed by atoms with Crippen molar-refractivity contribution in [3.05, 3.63) is 44.3 Å². The smallest absolute Gasteiger partial charge is 0.272 e. The Kier molecular flexibility index (Phi) is 3.89. The van der Waals surface area contributed by atoms with E-state index < -0.39 is 4.92 Å². The van der Waals surface area contributed by atoms with E-state index in [1.54, 1.807) is 39.2 Å². The average Bonchev–Trinajstić information content (AvgIpc) is 2.68. The van der Waals surface area contributed by atoms with E-state index in [2.05, 4.69) is 4.99 Å². The number of thioether (sulfide) groups is 1. The molecular weight excluding hydrogens is 278 g/mol. The maximum Gasteiger partial charge on any atom is 0.272 e. The predicted octanol–water partition coefficient (Wildman–Crippen LogP) is 2.44. The SMILES string of the molecule is CN=C1S/C(=C\c2ccc(C)c([N+](=O)[O-])c2)C(=O)N1C.